The van der Waals surface area contributed by atoms with Crippen LogP contribution in [0.15, 0.2) is 91.0 Å². The van der Waals surface area contributed by atoms with Crippen molar-refractivity contribution in [3.05, 3.63) is 119 Å². The van der Waals surface area contributed by atoms with Crippen LogP contribution in [-0.4, -0.2) is 13.3 Å². The molecule has 0 radical (unpaired) electrons. The van der Waals surface area contributed by atoms with E-state index in [4.69, 9.17) is 6.58 Å². The molecule has 0 unspecified atom stereocenters. The maximum atomic E-state index is 4.77. The maximum absolute atomic E-state index is 4.77. The first-order valence-corrected chi connectivity index (χ1v) is 13.2. The van der Waals surface area contributed by atoms with Crippen molar-refractivity contribution in [3.63, 3.8) is 0 Å². The molecule has 3 aromatic rings. The monoisotopic (exact) mass is 457 g/mol. The molecule has 1 aliphatic carbocycles. The Morgan fingerprint density at radius 3 is 2.03 bits per heavy atom. The van der Waals surface area contributed by atoms with Crippen LogP contribution in [0.1, 0.15) is 74.8 Å². The molecule has 3 aromatic carbocycles. The Morgan fingerprint density at radius 1 is 0.857 bits per heavy atom. The molecule has 0 bridgehead atoms. The van der Waals surface area contributed by atoms with Gasteiger partial charge in [0.15, 0.2) is 6.71 Å². The Bertz CT molecular complexity index is 1310. The van der Waals surface area contributed by atoms with Gasteiger partial charge in [-0.15, -0.1) is 0 Å². The standard InChI is InChI=1S/C33H36BN/c1-7-24-25-14-8-10-16-27(25)33(28-17-11-9-15-26(24)28)22(2)13-12-20-35-30-19-18-23(21-29(30)33)34-31(3,4)32(34,5)6/h8-19,21,24,35H,2,7,20H2,1,3-6H3/b13-12-. The lowest BCUT2D eigenvalue weighted by atomic mass is 9.51. The minimum absolute atomic E-state index is 0.288. The summed E-state index contributed by atoms with van der Waals surface area (Å²) in [7, 11) is 0. The van der Waals surface area contributed by atoms with Crippen molar-refractivity contribution < 1.29 is 0 Å². The first kappa shape index (κ1) is 22.5. The fourth-order valence-electron chi connectivity index (χ4n) is 7.58. The lowest BCUT2D eigenvalue weighted by Gasteiger charge is -2.46. The van der Waals surface area contributed by atoms with Crippen LogP contribution in [0.2, 0.25) is 10.6 Å². The summed E-state index contributed by atoms with van der Waals surface area (Å²) in [4.78, 5) is 0. The zero-order valence-electron chi connectivity index (χ0n) is 21.8. The molecule has 2 heterocycles. The highest BCUT2D eigenvalue weighted by atomic mass is 14.9. The largest absolute Gasteiger partial charge is 0.381 e. The van der Waals surface area contributed by atoms with Crippen molar-refractivity contribution in [1.82, 2.24) is 0 Å². The number of fused-ring (bicyclic) bond motifs is 6. The third kappa shape index (κ3) is 2.83. The fourth-order valence-corrected chi connectivity index (χ4v) is 7.58. The predicted octanol–water partition coefficient (Wildman–Crippen LogP) is 7.69. The van der Waals surface area contributed by atoms with Crippen LogP contribution in [0, 0.1) is 0 Å². The van der Waals surface area contributed by atoms with Gasteiger partial charge in [-0.05, 0) is 45.9 Å². The van der Waals surface area contributed by atoms with Crippen molar-refractivity contribution in [2.75, 3.05) is 11.9 Å². The number of rotatable bonds is 2. The van der Waals surface area contributed by atoms with Crippen LogP contribution in [0.5, 0.6) is 0 Å². The number of benzene rings is 3. The number of allylic oxidation sites excluding steroid dienone is 2. The summed E-state index contributed by atoms with van der Waals surface area (Å²) < 4.78 is 0. The number of hydrogen-bond donors (Lipinski definition) is 1. The SMILES string of the molecule is C=C1/C=C\CNc2ccc(B3C(C)(C)C3(C)C)cc2C12c1ccccc1C(CC)c1ccccc12. The molecule has 35 heavy (non-hydrogen) atoms. The predicted molar refractivity (Wildman–Crippen MR) is 152 cm³/mol. The summed E-state index contributed by atoms with van der Waals surface area (Å²) in [5.41, 5.74) is 10.4. The van der Waals surface area contributed by atoms with Gasteiger partial charge in [0, 0.05) is 18.2 Å². The molecule has 3 aliphatic rings. The fraction of sp³-hybridized carbons (Fsp3) is 0.333. The van der Waals surface area contributed by atoms with Gasteiger partial charge in [0.25, 0.3) is 0 Å². The van der Waals surface area contributed by atoms with Crippen molar-refractivity contribution >= 4 is 17.9 Å². The summed E-state index contributed by atoms with van der Waals surface area (Å²) in [6, 6.07) is 25.5. The third-order valence-corrected chi connectivity index (χ3v) is 9.90. The normalized spacial score (nSPS) is 26.0. The Morgan fingerprint density at radius 2 is 1.46 bits per heavy atom. The smallest absolute Gasteiger partial charge is 0.187 e. The average Bonchev–Trinajstić information content (AvgIpc) is 3.27. The molecule has 2 heteroatoms. The molecular weight excluding hydrogens is 421 g/mol. The van der Waals surface area contributed by atoms with E-state index < -0.39 is 5.41 Å². The Balaban J connectivity index is 1.72. The van der Waals surface area contributed by atoms with Crippen molar-refractivity contribution in [2.24, 2.45) is 0 Å². The summed E-state index contributed by atoms with van der Waals surface area (Å²) in [6.45, 7) is 18.1. The molecule has 6 rings (SSSR count). The highest BCUT2D eigenvalue weighted by Crippen LogP contribution is 2.73. The van der Waals surface area contributed by atoms with E-state index in [2.05, 4.69) is 119 Å². The lowest BCUT2D eigenvalue weighted by Crippen LogP contribution is -2.39. The van der Waals surface area contributed by atoms with Gasteiger partial charge >= 0.3 is 0 Å². The van der Waals surface area contributed by atoms with Gasteiger partial charge < -0.3 is 5.32 Å². The van der Waals surface area contributed by atoms with Gasteiger partial charge in [-0.3, -0.25) is 0 Å². The maximum Gasteiger partial charge on any atom is 0.187 e. The zero-order valence-corrected chi connectivity index (χ0v) is 21.8. The van der Waals surface area contributed by atoms with Crippen LogP contribution in [0.3, 0.4) is 0 Å². The molecule has 176 valence electrons. The zero-order chi connectivity index (χ0) is 24.6. The van der Waals surface area contributed by atoms with E-state index >= 15 is 0 Å². The van der Waals surface area contributed by atoms with E-state index in [0.29, 0.717) is 12.6 Å². The molecule has 1 N–H and O–H groups in total. The van der Waals surface area contributed by atoms with E-state index in [0.717, 1.165) is 18.5 Å². The van der Waals surface area contributed by atoms with Crippen LogP contribution >= 0.6 is 0 Å². The Labute approximate surface area is 211 Å². The topological polar surface area (TPSA) is 12.0 Å². The van der Waals surface area contributed by atoms with Crippen LogP contribution in [0.25, 0.3) is 0 Å². The molecule has 0 amide bonds. The first-order valence-electron chi connectivity index (χ1n) is 13.2. The Hall–Kier alpha value is -3.00. The van der Waals surface area contributed by atoms with E-state index in [-0.39, 0.29) is 10.6 Å². The van der Waals surface area contributed by atoms with Crippen molar-refractivity contribution in [2.45, 2.75) is 63.0 Å². The second kappa shape index (κ2) is 7.50. The van der Waals surface area contributed by atoms with Gasteiger partial charge in [0.05, 0.1) is 5.41 Å². The number of hydrogen-bond acceptors (Lipinski definition) is 1. The number of anilines is 1. The van der Waals surface area contributed by atoms with E-state index in [1.165, 1.54) is 39.0 Å². The molecular formula is C33H36BN. The van der Waals surface area contributed by atoms with Crippen LogP contribution in [0.4, 0.5) is 5.69 Å². The minimum atomic E-state index is -0.419. The molecule has 0 aromatic heterocycles. The van der Waals surface area contributed by atoms with Crippen LogP contribution < -0.4 is 10.8 Å². The van der Waals surface area contributed by atoms with Gasteiger partial charge in [0.2, 0.25) is 0 Å². The summed E-state index contributed by atoms with van der Waals surface area (Å²) in [5.74, 6) is 0.399. The molecule has 2 aliphatic heterocycles. The van der Waals surface area contributed by atoms with Gasteiger partial charge in [-0.1, -0.05) is 130 Å². The highest BCUT2D eigenvalue weighted by Gasteiger charge is 2.68. The first-order chi connectivity index (χ1) is 16.8. The summed E-state index contributed by atoms with van der Waals surface area (Å²) in [5, 5.41) is 4.32. The van der Waals surface area contributed by atoms with Gasteiger partial charge in [-0.25, -0.2) is 0 Å². The van der Waals surface area contributed by atoms with Crippen molar-refractivity contribution in [3.8, 4) is 0 Å². The van der Waals surface area contributed by atoms with Gasteiger partial charge in [-0.2, -0.15) is 0 Å². The Kier molecular flexibility index (Phi) is 4.81. The molecule has 1 fully saturated rings. The number of nitrogens with one attached hydrogen (secondary N) is 1. The molecule has 0 atom stereocenters. The molecule has 1 nitrogen and oxygen atoms in total. The van der Waals surface area contributed by atoms with Crippen molar-refractivity contribution in [1.29, 1.82) is 0 Å². The minimum Gasteiger partial charge on any atom is -0.381 e. The average molecular weight is 457 g/mol. The molecule has 1 saturated heterocycles. The lowest BCUT2D eigenvalue weighted by molar-refractivity contribution is 0.628. The van der Waals surface area contributed by atoms with E-state index in [9.17, 15) is 0 Å². The van der Waals surface area contributed by atoms with E-state index in [1.54, 1.807) is 0 Å². The van der Waals surface area contributed by atoms with E-state index in [1.807, 2.05) is 0 Å². The molecule has 0 saturated carbocycles. The third-order valence-electron chi connectivity index (χ3n) is 9.90. The molecule has 1 spiro atoms. The summed E-state index contributed by atoms with van der Waals surface area (Å²) in [6.07, 6.45) is 5.57. The summed E-state index contributed by atoms with van der Waals surface area (Å²) >= 11 is 0. The quantitative estimate of drug-likeness (QED) is 0.389. The highest BCUT2D eigenvalue weighted by molar-refractivity contribution is 6.89. The second-order valence-electron chi connectivity index (χ2n) is 11.9. The van der Waals surface area contributed by atoms with Gasteiger partial charge in [0.1, 0.15) is 0 Å². The second-order valence-corrected chi connectivity index (χ2v) is 11.9. The van der Waals surface area contributed by atoms with Crippen LogP contribution in [-0.2, 0) is 5.41 Å².